The van der Waals surface area contributed by atoms with Gasteiger partial charge in [-0.15, -0.1) is 0 Å². The summed E-state index contributed by atoms with van der Waals surface area (Å²) >= 11 is 0. The zero-order valence-corrected chi connectivity index (χ0v) is 12.4. The second kappa shape index (κ2) is 8.94. The smallest absolute Gasteiger partial charge is 0.119 e. The molecule has 1 aromatic carbocycles. The zero-order chi connectivity index (χ0) is 14.1. The van der Waals surface area contributed by atoms with E-state index in [2.05, 4.69) is 20.8 Å². The molecule has 0 heterocycles. The molecule has 0 radical (unpaired) electrons. The Bertz CT molecular complexity index is 335. The Morgan fingerprint density at radius 2 is 1.74 bits per heavy atom. The molecule has 1 atom stereocenters. The van der Waals surface area contributed by atoms with E-state index in [0.717, 1.165) is 30.8 Å². The molecule has 3 heteroatoms. The van der Waals surface area contributed by atoms with Gasteiger partial charge in [0.25, 0.3) is 0 Å². The fraction of sp³-hybridized carbons (Fsp3) is 0.625. The molecule has 0 unspecified atom stereocenters. The lowest BCUT2D eigenvalue weighted by atomic mass is 10.1. The number of rotatable bonds is 9. The van der Waals surface area contributed by atoms with Crippen LogP contribution in [0.4, 0.5) is 0 Å². The Hall–Kier alpha value is -1.06. The lowest BCUT2D eigenvalue weighted by Gasteiger charge is -2.11. The quantitative estimate of drug-likeness (QED) is 0.695. The maximum absolute atomic E-state index is 5.96. The van der Waals surface area contributed by atoms with E-state index in [9.17, 15) is 0 Å². The van der Waals surface area contributed by atoms with Crippen LogP contribution < -0.4 is 10.5 Å². The van der Waals surface area contributed by atoms with E-state index in [1.165, 1.54) is 0 Å². The van der Waals surface area contributed by atoms with Crippen LogP contribution in [0.3, 0.4) is 0 Å². The van der Waals surface area contributed by atoms with Crippen LogP contribution in [0, 0.1) is 5.92 Å². The van der Waals surface area contributed by atoms with Crippen LogP contribution in [-0.4, -0.2) is 19.8 Å². The van der Waals surface area contributed by atoms with Crippen molar-refractivity contribution in [3.63, 3.8) is 0 Å². The molecule has 1 rings (SSSR count). The molecule has 0 aromatic heterocycles. The normalized spacial score (nSPS) is 12.7. The van der Waals surface area contributed by atoms with Gasteiger partial charge in [0.2, 0.25) is 0 Å². The van der Waals surface area contributed by atoms with Crippen molar-refractivity contribution < 1.29 is 9.47 Å². The summed E-state index contributed by atoms with van der Waals surface area (Å²) in [5, 5.41) is 0. The molecule has 0 saturated carbocycles. The van der Waals surface area contributed by atoms with E-state index >= 15 is 0 Å². The Morgan fingerprint density at radius 3 is 2.32 bits per heavy atom. The van der Waals surface area contributed by atoms with Gasteiger partial charge in [0, 0.05) is 12.6 Å². The van der Waals surface area contributed by atoms with Crippen molar-refractivity contribution in [2.24, 2.45) is 11.7 Å². The Balaban J connectivity index is 2.19. The van der Waals surface area contributed by atoms with Gasteiger partial charge in [-0.2, -0.15) is 0 Å². The van der Waals surface area contributed by atoms with Crippen molar-refractivity contribution in [2.45, 2.75) is 39.7 Å². The highest BCUT2D eigenvalue weighted by Crippen LogP contribution is 2.18. The highest BCUT2D eigenvalue weighted by Gasteiger charge is 2.02. The monoisotopic (exact) mass is 265 g/mol. The second-order valence-corrected chi connectivity index (χ2v) is 5.23. The Labute approximate surface area is 117 Å². The van der Waals surface area contributed by atoms with Crippen molar-refractivity contribution in [2.75, 3.05) is 19.8 Å². The van der Waals surface area contributed by atoms with Crippen LogP contribution in [0.25, 0.3) is 0 Å². The number of ether oxygens (including phenoxy) is 2. The summed E-state index contributed by atoms with van der Waals surface area (Å²) in [5.41, 5.74) is 7.12. The predicted molar refractivity (Wildman–Crippen MR) is 79.4 cm³/mol. The molecule has 19 heavy (non-hydrogen) atoms. The van der Waals surface area contributed by atoms with Crippen LogP contribution in [0.15, 0.2) is 24.3 Å². The van der Waals surface area contributed by atoms with E-state index in [4.69, 9.17) is 15.2 Å². The van der Waals surface area contributed by atoms with E-state index in [-0.39, 0.29) is 6.04 Å². The first kappa shape index (κ1) is 16.0. The maximum atomic E-state index is 5.96. The summed E-state index contributed by atoms with van der Waals surface area (Å²) in [7, 11) is 0. The minimum absolute atomic E-state index is 0.119. The largest absolute Gasteiger partial charge is 0.491 e. The van der Waals surface area contributed by atoms with Gasteiger partial charge in [-0.25, -0.2) is 0 Å². The Kier molecular flexibility index (Phi) is 7.53. The molecular formula is C16H27NO2. The molecule has 0 aliphatic carbocycles. The summed E-state index contributed by atoms with van der Waals surface area (Å²) in [4.78, 5) is 0. The van der Waals surface area contributed by atoms with Gasteiger partial charge in [0.05, 0.1) is 6.61 Å². The van der Waals surface area contributed by atoms with Crippen molar-refractivity contribution in [1.82, 2.24) is 0 Å². The fourth-order valence-electron chi connectivity index (χ4n) is 1.69. The van der Waals surface area contributed by atoms with E-state index in [1.54, 1.807) is 0 Å². The van der Waals surface area contributed by atoms with Gasteiger partial charge in [-0.3, -0.25) is 0 Å². The van der Waals surface area contributed by atoms with Crippen molar-refractivity contribution in [3.8, 4) is 5.75 Å². The first-order chi connectivity index (χ1) is 9.13. The molecule has 0 amide bonds. The fourth-order valence-corrected chi connectivity index (χ4v) is 1.69. The molecule has 0 saturated heterocycles. The lowest BCUT2D eigenvalue weighted by Crippen LogP contribution is -2.10. The Morgan fingerprint density at radius 1 is 1.05 bits per heavy atom. The third kappa shape index (κ3) is 6.60. The minimum Gasteiger partial charge on any atom is -0.491 e. The SMILES string of the molecule is CC[C@H](N)c1ccc(OCCOCCC(C)C)cc1. The number of nitrogens with two attached hydrogens (primary N) is 1. The van der Waals surface area contributed by atoms with E-state index in [0.29, 0.717) is 19.1 Å². The summed E-state index contributed by atoms with van der Waals surface area (Å²) in [5.74, 6) is 1.57. The van der Waals surface area contributed by atoms with Crippen molar-refractivity contribution in [3.05, 3.63) is 29.8 Å². The first-order valence-electron chi connectivity index (χ1n) is 7.19. The molecule has 108 valence electrons. The van der Waals surface area contributed by atoms with Gasteiger partial charge in [0.15, 0.2) is 0 Å². The van der Waals surface area contributed by atoms with Gasteiger partial charge < -0.3 is 15.2 Å². The van der Waals surface area contributed by atoms with Crippen LogP contribution >= 0.6 is 0 Å². The predicted octanol–water partition coefficient (Wildman–Crippen LogP) is 3.54. The molecule has 0 aliphatic rings. The van der Waals surface area contributed by atoms with Gasteiger partial charge in [-0.05, 0) is 36.5 Å². The third-order valence-corrected chi connectivity index (χ3v) is 3.08. The summed E-state index contributed by atoms with van der Waals surface area (Å²) in [6.07, 6.45) is 2.05. The molecule has 0 spiro atoms. The highest BCUT2D eigenvalue weighted by atomic mass is 16.5. The summed E-state index contributed by atoms with van der Waals surface area (Å²) < 4.78 is 11.1. The van der Waals surface area contributed by atoms with Crippen molar-refractivity contribution in [1.29, 1.82) is 0 Å². The average Bonchev–Trinajstić information content (AvgIpc) is 2.42. The minimum atomic E-state index is 0.119. The number of hydrogen-bond acceptors (Lipinski definition) is 3. The zero-order valence-electron chi connectivity index (χ0n) is 12.4. The molecule has 1 aromatic rings. The van der Waals surface area contributed by atoms with Crippen molar-refractivity contribution >= 4 is 0 Å². The average molecular weight is 265 g/mol. The number of benzene rings is 1. The maximum Gasteiger partial charge on any atom is 0.119 e. The van der Waals surface area contributed by atoms with Crippen LogP contribution in [0.1, 0.15) is 45.2 Å². The second-order valence-electron chi connectivity index (χ2n) is 5.23. The van der Waals surface area contributed by atoms with Crippen LogP contribution in [0.2, 0.25) is 0 Å². The van der Waals surface area contributed by atoms with Gasteiger partial charge in [0.1, 0.15) is 12.4 Å². The molecule has 2 N–H and O–H groups in total. The molecular weight excluding hydrogens is 238 g/mol. The lowest BCUT2D eigenvalue weighted by molar-refractivity contribution is 0.0926. The standard InChI is InChI=1S/C16H27NO2/c1-4-16(17)14-5-7-15(8-6-14)19-12-11-18-10-9-13(2)3/h5-8,13,16H,4,9-12,17H2,1-3H3/t16-/m0/s1. The summed E-state index contributed by atoms with van der Waals surface area (Å²) in [6.45, 7) is 8.53. The highest BCUT2D eigenvalue weighted by molar-refractivity contribution is 5.28. The molecule has 3 nitrogen and oxygen atoms in total. The molecule has 0 bridgehead atoms. The first-order valence-corrected chi connectivity index (χ1v) is 7.19. The molecule has 0 fully saturated rings. The third-order valence-electron chi connectivity index (χ3n) is 3.08. The van der Waals surface area contributed by atoms with Gasteiger partial charge >= 0.3 is 0 Å². The van der Waals surface area contributed by atoms with E-state index < -0.39 is 0 Å². The molecule has 0 aliphatic heterocycles. The summed E-state index contributed by atoms with van der Waals surface area (Å²) in [6, 6.07) is 8.12. The van der Waals surface area contributed by atoms with E-state index in [1.807, 2.05) is 24.3 Å². The van der Waals surface area contributed by atoms with Crippen LogP contribution in [-0.2, 0) is 4.74 Å². The topological polar surface area (TPSA) is 44.5 Å². The van der Waals surface area contributed by atoms with Crippen LogP contribution in [0.5, 0.6) is 5.75 Å². The number of hydrogen-bond donors (Lipinski definition) is 1. The van der Waals surface area contributed by atoms with Gasteiger partial charge in [-0.1, -0.05) is 32.9 Å².